The van der Waals surface area contributed by atoms with Gasteiger partial charge in [-0.2, -0.15) is 0 Å². The summed E-state index contributed by atoms with van der Waals surface area (Å²) in [5.74, 6) is -2.36. The molecule has 3 amide bonds. The third kappa shape index (κ3) is 10.4. The number of hydrogen-bond donors (Lipinski definition) is 3. The lowest BCUT2D eigenvalue weighted by atomic mass is 9.97. The number of rotatable bonds is 15. The molecule has 2 aromatic carbocycles. The highest BCUT2D eigenvalue weighted by Crippen LogP contribution is 2.16. The lowest BCUT2D eigenvalue weighted by Crippen LogP contribution is -2.46. The summed E-state index contributed by atoms with van der Waals surface area (Å²) in [6.07, 6.45) is 1.64. The molecule has 7 nitrogen and oxygen atoms in total. The van der Waals surface area contributed by atoms with Crippen LogP contribution in [-0.2, 0) is 11.2 Å². The number of aliphatic hydroxyl groups excluding tert-OH is 1. The van der Waals surface area contributed by atoms with Crippen LogP contribution in [0.2, 0.25) is 0 Å². The van der Waals surface area contributed by atoms with E-state index in [9.17, 15) is 28.3 Å². The minimum absolute atomic E-state index is 0.0388. The number of nitrogens with one attached hydrogen (secondary N) is 2. The number of hydrogen-bond acceptors (Lipinski definition) is 4. The molecule has 0 saturated carbocycles. The van der Waals surface area contributed by atoms with Gasteiger partial charge in [-0.25, -0.2) is 8.78 Å². The van der Waals surface area contributed by atoms with E-state index in [1.807, 2.05) is 20.8 Å². The highest BCUT2D eigenvalue weighted by Gasteiger charge is 2.24. The molecule has 214 valence electrons. The first-order valence-electron chi connectivity index (χ1n) is 13.7. The van der Waals surface area contributed by atoms with Gasteiger partial charge < -0.3 is 20.6 Å². The number of amides is 3. The first-order chi connectivity index (χ1) is 18.6. The lowest BCUT2D eigenvalue weighted by Gasteiger charge is -2.25. The Morgan fingerprint density at radius 1 is 0.897 bits per heavy atom. The highest BCUT2D eigenvalue weighted by molar-refractivity contribution is 6.00. The molecule has 0 spiro atoms. The summed E-state index contributed by atoms with van der Waals surface area (Å²) in [5, 5.41) is 16.4. The second kappa shape index (κ2) is 15.9. The first-order valence-corrected chi connectivity index (χ1v) is 13.7. The molecule has 0 radical (unpaired) electrons. The van der Waals surface area contributed by atoms with Crippen LogP contribution in [0, 0.1) is 18.6 Å². The molecule has 39 heavy (non-hydrogen) atoms. The molecule has 0 unspecified atom stereocenters. The lowest BCUT2D eigenvalue weighted by molar-refractivity contribution is -0.121. The van der Waals surface area contributed by atoms with Crippen molar-refractivity contribution < 1.29 is 28.3 Å². The Kier molecular flexibility index (Phi) is 13.0. The molecule has 2 atom stereocenters. The van der Waals surface area contributed by atoms with Crippen molar-refractivity contribution in [3.05, 3.63) is 70.3 Å². The van der Waals surface area contributed by atoms with Gasteiger partial charge >= 0.3 is 0 Å². The zero-order valence-corrected chi connectivity index (χ0v) is 23.4. The van der Waals surface area contributed by atoms with Crippen molar-refractivity contribution in [2.75, 3.05) is 19.6 Å². The van der Waals surface area contributed by atoms with Gasteiger partial charge in [-0.1, -0.05) is 20.8 Å². The van der Waals surface area contributed by atoms with Crippen molar-refractivity contribution in [2.45, 2.75) is 78.4 Å². The Morgan fingerprint density at radius 3 is 2.10 bits per heavy atom. The molecule has 9 heteroatoms. The summed E-state index contributed by atoms with van der Waals surface area (Å²) in [7, 11) is 0. The van der Waals surface area contributed by atoms with Crippen molar-refractivity contribution in [3.8, 4) is 0 Å². The largest absolute Gasteiger partial charge is 0.391 e. The Morgan fingerprint density at radius 2 is 1.51 bits per heavy atom. The maximum atomic E-state index is 13.8. The number of nitrogens with zero attached hydrogens (tertiary/aromatic N) is 1. The fraction of sp³-hybridized carbons (Fsp3) is 0.500. The zero-order chi connectivity index (χ0) is 28.9. The van der Waals surface area contributed by atoms with Crippen LogP contribution in [0.4, 0.5) is 8.78 Å². The van der Waals surface area contributed by atoms with Crippen molar-refractivity contribution >= 4 is 17.7 Å². The topological polar surface area (TPSA) is 98.7 Å². The third-order valence-corrected chi connectivity index (χ3v) is 6.26. The van der Waals surface area contributed by atoms with E-state index in [1.165, 1.54) is 6.07 Å². The van der Waals surface area contributed by atoms with E-state index in [4.69, 9.17) is 0 Å². The van der Waals surface area contributed by atoms with E-state index in [0.717, 1.165) is 36.6 Å². The zero-order valence-electron chi connectivity index (χ0n) is 23.4. The van der Waals surface area contributed by atoms with Crippen LogP contribution in [0.1, 0.15) is 84.7 Å². The third-order valence-electron chi connectivity index (χ3n) is 6.26. The summed E-state index contributed by atoms with van der Waals surface area (Å²) in [5.41, 5.74) is 1.62. The molecular weight excluding hydrogens is 504 g/mol. The molecular formula is C30H41F2N3O4. The smallest absolute Gasteiger partial charge is 0.253 e. The number of aryl methyl sites for hydroxylation is 1. The number of benzene rings is 2. The summed E-state index contributed by atoms with van der Waals surface area (Å²) < 4.78 is 27.7. The van der Waals surface area contributed by atoms with Gasteiger partial charge in [-0.15, -0.1) is 0 Å². The molecule has 0 aromatic heterocycles. The van der Waals surface area contributed by atoms with Gasteiger partial charge in [0.1, 0.15) is 11.6 Å². The van der Waals surface area contributed by atoms with E-state index in [-0.39, 0.29) is 42.3 Å². The van der Waals surface area contributed by atoms with Crippen LogP contribution in [0.5, 0.6) is 0 Å². The standard InChI is InChI=1S/C30H41F2N3O4/c1-5-8-28(37)33-10-9-27(36)26(17-21-15-24(31)19-25(32)16-21)34-29(38)22-13-20(4)14-23(18-22)30(39)35(11-6-2)12-7-3/h13-16,18-19,26-27,36H,5-12,17H2,1-4H3,(H,33,37)(H,34,38)/t26-,27-/m0/s1. The summed E-state index contributed by atoms with van der Waals surface area (Å²) in [6, 6.07) is 7.06. The minimum Gasteiger partial charge on any atom is -0.391 e. The summed E-state index contributed by atoms with van der Waals surface area (Å²) in [6.45, 7) is 9.06. The molecule has 0 heterocycles. The molecule has 2 rings (SSSR count). The number of carbonyl (C=O) groups is 3. The van der Waals surface area contributed by atoms with Crippen molar-refractivity contribution in [1.82, 2.24) is 15.5 Å². The van der Waals surface area contributed by atoms with E-state index >= 15 is 0 Å². The maximum absolute atomic E-state index is 13.8. The molecule has 0 aliphatic rings. The Bertz CT molecular complexity index is 1100. The molecule has 0 fully saturated rings. The monoisotopic (exact) mass is 545 g/mol. The van der Waals surface area contributed by atoms with Gasteiger partial charge in [0.15, 0.2) is 0 Å². The summed E-state index contributed by atoms with van der Waals surface area (Å²) in [4.78, 5) is 40.0. The Labute approximate surface area is 230 Å². The van der Waals surface area contributed by atoms with Crippen LogP contribution in [-0.4, -0.2) is 59.5 Å². The molecule has 0 aliphatic carbocycles. The van der Waals surface area contributed by atoms with E-state index in [2.05, 4.69) is 10.6 Å². The first kappa shape index (κ1) is 31.9. The average Bonchev–Trinajstić information content (AvgIpc) is 2.86. The molecule has 2 aromatic rings. The van der Waals surface area contributed by atoms with Crippen LogP contribution >= 0.6 is 0 Å². The van der Waals surface area contributed by atoms with E-state index in [1.54, 1.807) is 24.0 Å². The van der Waals surface area contributed by atoms with Crippen LogP contribution in [0.25, 0.3) is 0 Å². The molecule has 0 saturated heterocycles. The fourth-order valence-corrected chi connectivity index (χ4v) is 4.47. The normalized spacial score (nSPS) is 12.5. The van der Waals surface area contributed by atoms with Gasteiger partial charge in [0.25, 0.3) is 11.8 Å². The van der Waals surface area contributed by atoms with Gasteiger partial charge in [0.2, 0.25) is 5.91 Å². The van der Waals surface area contributed by atoms with Gasteiger partial charge in [-0.3, -0.25) is 14.4 Å². The Balaban J connectivity index is 2.27. The Hall–Kier alpha value is -3.33. The summed E-state index contributed by atoms with van der Waals surface area (Å²) >= 11 is 0. The highest BCUT2D eigenvalue weighted by atomic mass is 19.1. The van der Waals surface area contributed by atoms with Gasteiger partial charge in [0, 0.05) is 43.2 Å². The van der Waals surface area contributed by atoms with Crippen molar-refractivity contribution in [2.24, 2.45) is 0 Å². The van der Waals surface area contributed by atoms with Crippen molar-refractivity contribution in [1.29, 1.82) is 0 Å². The molecule has 0 bridgehead atoms. The number of aliphatic hydroxyl groups is 1. The van der Waals surface area contributed by atoms with Crippen LogP contribution in [0.15, 0.2) is 36.4 Å². The number of halogens is 2. The average molecular weight is 546 g/mol. The maximum Gasteiger partial charge on any atom is 0.253 e. The quantitative estimate of drug-likeness (QED) is 0.306. The second-order valence-corrected chi connectivity index (χ2v) is 9.90. The predicted octanol–water partition coefficient (Wildman–Crippen LogP) is 4.54. The van der Waals surface area contributed by atoms with Gasteiger partial charge in [-0.05, 0) is 80.5 Å². The molecule has 3 N–H and O–H groups in total. The number of carbonyl (C=O) groups excluding carboxylic acids is 3. The van der Waals surface area contributed by atoms with Crippen LogP contribution in [0.3, 0.4) is 0 Å². The van der Waals surface area contributed by atoms with Crippen LogP contribution < -0.4 is 10.6 Å². The van der Waals surface area contributed by atoms with E-state index < -0.39 is 29.7 Å². The van der Waals surface area contributed by atoms with Gasteiger partial charge in [0.05, 0.1) is 12.1 Å². The van der Waals surface area contributed by atoms with E-state index in [0.29, 0.717) is 31.5 Å². The predicted molar refractivity (Wildman–Crippen MR) is 148 cm³/mol. The minimum atomic E-state index is -1.11. The van der Waals surface area contributed by atoms with Crippen molar-refractivity contribution in [3.63, 3.8) is 0 Å². The molecule has 0 aliphatic heterocycles. The fourth-order valence-electron chi connectivity index (χ4n) is 4.47. The second-order valence-electron chi connectivity index (χ2n) is 9.90. The SMILES string of the molecule is CCCC(=O)NCC[C@H](O)[C@H](Cc1cc(F)cc(F)c1)NC(=O)c1cc(C)cc(C(=O)N(CCC)CCC)c1.